The average molecular weight is 354 g/mol. The lowest BCUT2D eigenvalue weighted by Crippen LogP contribution is -2.08. The summed E-state index contributed by atoms with van der Waals surface area (Å²) in [6, 6.07) is 0. The number of rotatable bonds is 4. The lowest BCUT2D eigenvalue weighted by molar-refractivity contribution is -0.140. The van der Waals surface area contributed by atoms with Gasteiger partial charge in [0.05, 0.1) is 17.7 Å². The van der Waals surface area contributed by atoms with Gasteiger partial charge in [0.15, 0.2) is 16.5 Å². The second kappa shape index (κ2) is 6.17. The summed E-state index contributed by atoms with van der Waals surface area (Å²) < 4.78 is 58.1. The van der Waals surface area contributed by atoms with Crippen molar-refractivity contribution >= 4 is 28.7 Å². The number of aromatic nitrogens is 3. The van der Waals surface area contributed by atoms with Crippen molar-refractivity contribution in [3.8, 4) is 10.6 Å². The smallest absolute Gasteiger partial charge is 0.434 e. The van der Waals surface area contributed by atoms with Crippen molar-refractivity contribution in [2.45, 2.75) is 13.1 Å². The Morgan fingerprint density at radius 1 is 1.41 bits per heavy atom. The Bertz CT molecular complexity index is 717. The van der Waals surface area contributed by atoms with Gasteiger partial charge < -0.3 is 4.74 Å². The largest absolute Gasteiger partial charge is 0.491 e. The van der Waals surface area contributed by atoms with Crippen molar-refractivity contribution in [3.05, 3.63) is 34.6 Å². The molecule has 2 aromatic heterocycles. The number of hydrogen-bond donors (Lipinski definition) is 0. The van der Waals surface area contributed by atoms with Crippen molar-refractivity contribution in [2.75, 3.05) is 6.61 Å². The van der Waals surface area contributed by atoms with Crippen LogP contribution in [-0.2, 0) is 10.9 Å². The molecule has 0 N–H and O–H groups in total. The molecular formula is C12H8ClF4N3OS. The molecule has 0 radical (unpaired) electrons. The highest BCUT2D eigenvalue weighted by molar-refractivity contribution is 7.16. The van der Waals surface area contributed by atoms with Crippen LogP contribution in [0.3, 0.4) is 0 Å². The van der Waals surface area contributed by atoms with Gasteiger partial charge in [-0.1, -0.05) is 6.58 Å². The van der Waals surface area contributed by atoms with Crippen LogP contribution in [-0.4, -0.2) is 21.6 Å². The summed E-state index contributed by atoms with van der Waals surface area (Å²) in [7, 11) is 0. The Balaban J connectivity index is 2.63. The molecule has 0 saturated carbocycles. The molecule has 0 bridgehead atoms. The fraction of sp³-hybridized carbons (Fsp3) is 0.250. The number of hydrogen-bond acceptors (Lipinski definition) is 5. The van der Waals surface area contributed by atoms with E-state index in [0.29, 0.717) is 17.5 Å². The van der Waals surface area contributed by atoms with Gasteiger partial charge >= 0.3 is 6.18 Å². The van der Waals surface area contributed by atoms with Gasteiger partial charge in [0, 0.05) is 0 Å². The Hall–Kier alpha value is -1.74. The SMILES string of the molecule is C=C(OCC)c1nc(C(F)(F)F)c(-c2nc(Cl)ncc2F)s1. The standard InChI is InChI=1S/C12H8ClF4N3OS/c1-3-21-5(2)10-20-9(12(15,16)17)8(22-10)7-6(14)4-18-11(13)19-7/h4H,2-3H2,1H3. The molecule has 4 nitrogen and oxygen atoms in total. The van der Waals surface area contributed by atoms with Crippen LogP contribution in [0, 0.1) is 5.82 Å². The van der Waals surface area contributed by atoms with Gasteiger partial charge in [-0.3, -0.25) is 0 Å². The van der Waals surface area contributed by atoms with Gasteiger partial charge in [-0.15, -0.1) is 11.3 Å². The lowest BCUT2D eigenvalue weighted by atomic mass is 10.2. The number of halogens is 5. The molecule has 0 unspecified atom stereocenters. The van der Waals surface area contributed by atoms with Crippen LogP contribution in [0.4, 0.5) is 17.6 Å². The number of ether oxygens (including phenoxy) is 1. The maximum Gasteiger partial charge on any atom is 0.434 e. The molecule has 0 fully saturated rings. The predicted octanol–water partition coefficient (Wildman–Crippen LogP) is 4.42. The summed E-state index contributed by atoms with van der Waals surface area (Å²) in [6.07, 6.45) is -4.10. The lowest BCUT2D eigenvalue weighted by Gasteiger charge is -2.06. The quantitative estimate of drug-likeness (QED) is 0.464. The third-order valence-corrected chi connectivity index (χ3v) is 3.67. The Labute approximate surface area is 131 Å². The minimum absolute atomic E-state index is 0.0372. The van der Waals surface area contributed by atoms with Crippen LogP contribution in [0.25, 0.3) is 16.3 Å². The average Bonchev–Trinajstić information content (AvgIpc) is 2.87. The Kier molecular flexibility index (Phi) is 4.66. The van der Waals surface area contributed by atoms with Gasteiger partial charge in [-0.25, -0.2) is 19.3 Å². The van der Waals surface area contributed by atoms with E-state index < -0.39 is 28.3 Å². The zero-order chi connectivity index (χ0) is 16.5. The molecule has 0 amide bonds. The summed E-state index contributed by atoms with van der Waals surface area (Å²) in [4.78, 5) is 9.82. The molecule has 0 aliphatic rings. The molecular weight excluding hydrogens is 346 g/mol. The van der Waals surface area contributed by atoms with E-state index >= 15 is 0 Å². The van der Waals surface area contributed by atoms with Gasteiger partial charge in [-0.05, 0) is 18.5 Å². The summed E-state index contributed by atoms with van der Waals surface area (Å²) >= 11 is 6.09. The van der Waals surface area contributed by atoms with Crippen molar-refractivity contribution in [3.63, 3.8) is 0 Å². The zero-order valence-electron chi connectivity index (χ0n) is 11.0. The van der Waals surface area contributed by atoms with Crippen LogP contribution in [0.1, 0.15) is 17.6 Å². The normalized spacial score (nSPS) is 11.5. The van der Waals surface area contributed by atoms with E-state index in [1.807, 2.05) is 0 Å². The molecule has 0 aliphatic heterocycles. The maximum absolute atomic E-state index is 13.8. The molecule has 0 saturated heterocycles. The second-order valence-corrected chi connectivity index (χ2v) is 5.22. The molecule has 10 heteroatoms. The second-order valence-electron chi connectivity index (χ2n) is 3.89. The van der Waals surface area contributed by atoms with Gasteiger partial charge in [-0.2, -0.15) is 13.2 Å². The molecule has 22 heavy (non-hydrogen) atoms. The van der Waals surface area contributed by atoms with Crippen molar-refractivity contribution in [2.24, 2.45) is 0 Å². The Morgan fingerprint density at radius 2 is 2.09 bits per heavy atom. The van der Waals surface area contributed by atoms with Crippen LogP contribution in [0.5, 0.6) is 0 Å². The van der Waals surface area contributed by atoms with Crippen LogP contribution < -0.4 is 0 Å². The third kappa shape index (κ3) is 3.36. The van der Waals surface area contributed by atoms with E-state index in [1.54, 1.807) is 6.92 Å². The van der Waals surface area contributed by atoms with Gasteiger partial charge in [0.1, 0.15) is 11.5 Å². The van der Waals surface area contributed by atoms with E-state index in [1.165, 1.54) is 0 Å². The highest BCUT2D eigenvalue weighted by atomic mass is 35.5. The first-order valence-corrected chi connectivity index (χ1v) is 7.02. The van der Waals surface area contributed by atoms with Crippen LogP contribution in [0.15, 0.2) is 12.8 Å². The molecule has 2 heterocycles. The van der Waals surface area contributed by atoms with Crippen molar-refractivity contribution in [1.29, 1.82) is 0 Å². The molecule has 118 valence electrons. The number of thiazole rings is 1. The zero-order valence-corrected chi connectivity index (χ0v) is 12.6. The number of nitrogens with zero attached hydrogens (tertiary/aromatic N) is 3. The molecule has 2 rings (SSSR count). The number of alkyl halides is 3. The highest BCUT2D eigenvalue weighted by Gasteiger charge is 2.39. The Morgan fingerprint density at radius 3 is 2.68 bits per heavy atom. The van der Waals surface area contributed by atoms with Gasteiger partial charge in [0.2, 0.25) is 5.28 Å². The molecule has 0 aromatic carbocycles. The van der Waals surface area contributed by atoms with E-state index in [4.69, 9.17) is 16.3 Å². The fourth-order valence-electron chi connectivity index (χ4n) is 1.53. The minimum Gasteiger partial charge on any atom is -0.491 e. The molecule has 0 spiro atoms. The molecule has 2 aromatic rings. The first-order valence-electron chi connectivity index (χ1n) is 5.82. The van der Waals surface area contributed by atoms with E-state index in [-0.39, 0.29) is 22.7 Å². The fourth-order valence-corrected chi connectivity index (χ4v) is 2.67. The van der Waals surface area contributed by atoms with Crippen LogP contribution in [0.2, 0.25) is 5.28 Å². The highest BCUT2D eigenvalue weighted by Crippen LogP contribution is 2.41. The summed E-state index contributed by atoms with van der Waals surface area (Å²) in [5.74, 6) is -1.07. The van der Waals surface area contributed by atoms with E-state index in [0.717, 1.165) is 0 Å². The van der Waals surface area contributed by atoms with Crippen LogP contribution >= 0.6 is 22.9 Å². The topological polar surface area (TPSA) is 47.9 Å². The summed E-state index contributed by atoms with van der Waals surface area (Å²) in [5, 5.41) is -0.485. The predicted molar refractivity (Wildman–Crippen MR) is 73.8 cm³/mol. The summed E-state index contributed by atoms with van der Waals surface area (Å²) in [5.41, 5.74) is -1.85. The maximum atomic E-state index is 13.8. The first-order chi connectivity index (χ1) is 10.2. The van der Waals surface area contributed by atoms with Crippen molar-refractivity contribution in [1.82, 2.24) is 15.0 Å². The van der Waals surface area contributed by atoms with Gasteiger partial charge in [0.25, 0.3) is 0 Å². The van der Waals surface area contributed by atoms with E-state index in [9.17, 15) is 17.6 Å². The van der Waals surface area contributed by atoms with Crippen molar-refractivity contribution < 1.29 is 22.3 Å². The molecule has 0 aliphatic carbocycles. The van der Waals surface area contributed by atoms with E-state index in [2.05, 4.69) is 21.5 Å². The minimum atomic E-state index is -4.79. The molecule has 0 atom stereocenters. The first kappa shape index (κ1) is 16.6. The third-order valence-electron chi connectivity index (χ3n) is 2.38. The monoisotopic (exact) mass is 353 g/mol. The summed E-state index contributed by atoms with van der Waals surface area (Å²) in [6.45, 7) is 5.35.